The quantitative estimate of drug-likeness (QED) is 0.589. The van der Waals surface area contributed by atoms with Crippen molar-refractivity contribution < 1.29 is 14.7 Å². The summed E-state index contributed by atoms with van der Waals surface area (Å²) in [6.07, 6.45) is 3.38. The summed E-state index contributed by atoms with van der Waals surface area (Å²) in [4.78, 5) is 22.2. The Bertz CT molecular complexity index is 468. The highest BCUT2D eigenvalue weighted by atomic mass is 16.4. The molecule has 0 fully saturated rings. The molecule has 0 radical (unpaired) electrons. The third kappa shape index (κ3) is 3.17. The third-order valence-corrected chi connectivity index (χ3v) is 3.22. The first kappa shape index (κ1) is 12.8. The SMILES string of the molecule is O=C(O)CCNCC(=O)c1ccc2c(c1)CCC2. The summed E-state index contributed by atoms with van der Waals surface area (Å²) in [6, 6.07) is 5.88. The van der Waals surface area contributed by atoms with Crippen LogP contribution in [0.4, 0.5) is 0 Å². The van der Waals surface area contributed by atoms with E-state index in [9.17, 15) is 9.59 Å². The Morgan fingerprint density at radius 1 is 1.22 bits per heavy atom. The van der Waals surface area contributed by atoms with Crippen molar-refractivity contribution in [3.63, 3.8) is 0 Å². The van der Waals surface area contributed by atoms with Crippen LogP contribution in [-0.2, 0) is 17.6 Å². The third-order valence-electron chi connectivity index (χ3n) is 3.22. The second kappa shape index (κ2) is 5.78. The molecular formula is C14H17NO3. The van der Waals surface area contributed by atoms with Crippen molar-refractivity contribution in [1.82, 2.24) is 5.32 Å². The molecule has 0 saturated carbocycles. The summed E-state index contributed by atoms with van der Waals surface area (Å²) in [7, 11) is 0. The van der Waals surface area contributed by atoms with Crippen LogP contribution in [0.2, 0.25) is 0 Å². The Balaban J connectivity index is 1.87. The fourth-order valence-electron chi connectivity index (χ4n) is 2.24. The minimum Gasteiger partial charge on any atom is -0.481 e. The zero-order chi connectivity index (χ0) is 13.0. The van der Waals surface area contributed by atoms with Gasteiger partial charge in [-0.05, 0) is 36.5 Å². The van der Waals surface area contributed by atoms with Crippen LogP contribution in [0.3, 0.4) is 0 Å². The largest absolute Gasteiger partial charge is 0.481 e. The van der Waals surface area contributed by atoms with Crippen molar-refractivity contribution in [3.8, 4) is 0 Å². The number of hydrogen-bond donors (Lipinski definition) is 2. The molecule has 2 N–H and O–H groups in total. The van der Waals surface area contributed by atoms with E-state index < -0.39 is 5.97 Å². The predicted octanol–water partition coefficient (Wildman–Crippen LogP) is 1.42. The number of ketones is 1. The zero-order valence-corrected chi connectivity index (χ0v) is 10.2. The van der Waals surface area contributed by atoms with Crippen LogP contribution in [0.25, 0.3) is 0 Å². The zero-order valence-electron chi connectivity index (χ0n) is 10.2. The van der Waals surface area contributed by atoms with Gasteiger partial charge in [0.25, 0.3) is 0 Å². The average Bonchev–Trinajstić information content (AvgIpc) is 2.81. The first-order chi connectivity index (χ1) is 8.66. The maximum atomic E-state index is 11.9. The maximum absolute atomic E-state index is 11.9. The lowest BCUT2D eigenvalue weighted by atomic mass is 10.0. The molecule has 18 heavy (non-hydrogen) atoms. The van der Waals surface area contributed by atoms with Gasteiger partial charge in [-0.2, -0.15) is 0 Å². The van der Waals surface area contributed by atoms with E-state index in [0.29, 0.717) is 6.54 Å². The van der Waals surface area contributed by atoms with E-state index in [1.807, 2.05) is 18.2 Å². The van der Waals surface area contributed by atoms with Gasteiger partial charge in [-0.1, -0.05) is 12.1 Å². The molecule has 96 valence electrons. The fraction of sp³-hybridized carbons (Fsp3) is 0.429. The molecule has 1 aliphatic rings. The van der Waals surface area contributed by atoms with Gasteiger partial charge < -0.3 is 10.4 Å². The van der Waals surface area contributed by atoms with Crippen LogP contribution in [0.5, 0.6) is 0 Å². The Morgan fingerprint density at radius 3 is 2.78 bits per heavy atom. The van der Waals surface area contributed by atoms with Gasteiger partial charge in [0.2, 0.25) is 0 Å². The molecule has 0 aliphatic heterocycles. The number of carboxylic acid groups (broad SMARTS) is 1. The van der Waals surface area contributed by atoms with Crippen LogP contribution in [-0.4, -0.2) is 29.9 Å². The number of carbonyl (C=O) groups is 2. The topological polar surface area (TPSA) is 66.4 Å². The van der Waals surface area contributed by atoms with Crippen molar-refractivity contribution in [1.29, 1.82) is 0 Å². The smallest absolute Gasteiger partial charge is 0.304 e. The summed E-state index contributed by atoms with van der Waals surface area (Å²) < 4.78 is 0. The maximum Gasteiger partial charge on any atom is 0.304 e. The number of carboxylic acids is 1. The van der Waals surface area contributed by atoms with Gasteiger partial charge in [0, 0.05) is 12.1 Å². The predicted molar refractivity (Wildman–Crippen MR) is 67.9 cm³/mol. The molecule has 1 aromatic rings. The summed E-state index contributed by atoms with van der Waals surface area (Å²) in [5.41, 5.74) is 3.36. The van der Waals surface area contributed by atoms with E-state index >= 15 is 0 Å². The van der Waals surface area contributed by atoms with E-state index in [2.05, 4.69) is 5.32 Å². The van der Waals surface area contributed by atoms with Gasteiger partial charge in [-0.15, -0.1) is 0 Å². The minimum absolute atomic E-state index is 0.0232. The minimum atomic E-state index is -0.854. The highest BCUT2D eigenvalue weighted by Gasteiger charge is 2.13. The molecule has 0 bridgehead atoms. The number of carbonyl (C=O) groups excluding carboxylic acids is 1. The molecule has 0 spiro atoms. The second-order valence-electron chi connectivity index (χ2n) is 4.58. The van der Waals surface area contributed by atoms with Crippen molar-refractivity contribution >= 4 is 11.8 Å². The van der Waals surface area contributed by atoms with Gasteiger partial charge in [0.05, 0.1) is 13.0 Å². The van der Waals surface area contributed by atoms with Crippen LogP contribution in [0.15, 0.2) is 18.2 Å². The van der Waals surface area contributed by atoms with E-state index in [0.717, 1.165) is 18.4 Å². The molecule has 1 aliphatic carbocycles. The van der Waals surface area contributed by atoms with E-state index in [1.54, 1.807) is 0 Å². The number of fused-ring (bicyclic) bond motifs is 1. The summed E-state index contributed by atoms with van der Waals surface area (Å²) in [6.45, 7) is 0.526. The number of aryl methyl sites for hydroxylation is 2. The van der Waals surface area contributed by atoms with Crippen LogP contribution in [0, 0.1) is 0 Å². The number of aliphatic carboxylic acids is 1. The lowest BCUT2D eigenvalue weighted by molar-refractivity contribution is -0.136. The summed E-state index contributed by atoms with van der Waals surface area (Å²) in [5.74, 6) is -0.831. The van der Waals surface area contributed by atoms with Gasteiger partial charge in [-0.25, -0.2) is 0 Å². The molecule has 0 aromatic heterocycles. The number of benzene rings is 1. The molecule has 0 heterocycles. The molecule has 4 nitrogen and oxygen atoms in total. The Hall–Kier alpha value is -1.68. The molecule has 2 rings (SSSR count). The standard InChI is InChI=1S/C14H17NO3/c16-13(9-15-7-6-14(17)18)12-5-4-10-2-1-3-11(10)8-12/h4-5,8,15H,1-3,6-7,9H2,(H,17,18). The van der Waals surface area contributed by atoms with Gasteiger partial charge in [0.15, 0.2) is 5.78 Å². The molecule has 4 heteroatoms. The van der Waals surface area contributed by atoms with Crippen LogP contribution in [0.1, 0.15) is 34.3 Å². The average molecular weight is 247 g/mol. The number of hydrogen-bond acceptors (Lipinski definition) is 3. The van der Waals surface area contributed by atoms with Crippen molar-refractivity contribution in [2.75, 3.05) is 13.1 Å². The van der Waals surface area contributed by atoms with Gasteiger partial charge in [-0.3, -0.25) is 9.59 Å². The molecule has 0 atom stereocenters. The monoisotopic (exact) mass is 247 g/mol. The van der Waals surface area contributed by atoms with Crippen molar-refractivity contribution in [2.24, 2.45) is 0 Å². The van der Waals surface area contributed by atoms with Crippen molar-refractivity contribution in [3.05, 3.63) is 34.9 Å². The number of Topliss-reactive ketones (excluding diaryl/α,β-unsaturated/α-hetero) is 1. The van der Waals surface area contributed by atoms with E-state index in [-0.39, 0.29) is 18.7 Å². The first-order valence-electron chi connectivity index (χ1n) is 6.24. The van der Waals surface area contributed by atoms with Crippen molar-refractivity contribution in [2.45, 2.75) is 25.7 Å². The Kier molecular flexibility index (Phi) is 4.10. The summed E-state index contributed by atoms with van der Waals surface area (Å²) in [5, 5.41) is 11.3. The van der Waals surface area contributed by atoms with E-state index in [1.165, 1.54) is 17.5 Å². The number of rotatable bonds is 6. The van der Waals surface area contributed by atoms with Gasteiger partial charge in [0.1, 0.15) is 0 Å². The van der Waals surface area contributed by atoms with Crippen LogP contribution >= 0.6 is 0 Å². The Labute approximate surface area is 106 Å². The van der Waals surface area contributed by atoms with E-state index in [4.69, 9.17) is 5.11 Å². The van der Waals surface area contributed by atoms with Crippen LogP contribution < -0.4 is 5.32 Å². The fourth-order valence-corrected chi connectivity index (χ4v) is 2.24. The first-order valence-corrected chi connectivity index (χ1v) is 6.24. The molecule has 0 unspecified atom stereocenters. The lowest BCUT2D eigenvalue weighted by Crippen LogP contribution is -2.25. The lowest BCUT2D eigenvalue weighted by Gasteiger charge is -2.05. The Morgan fingerprint density at radius 2 is 2.00 bits per heavy atom. The molecule has 0 amide bonds. The molecule has 1 aromatic carbocycles. The summed E-state index contributed by atoms with van der Waals surface area (Å²) >= 11 is 0. The highest BCUT2D eigenvalue weighted by molar-refractivity contribution is 5.97. The highest BCUT2D eigenvalue weighted by Crippen LogP contribution is 2.22. The molecular weight excluding hydrogens is 230 g/mol. The normalized spacial score (nSPS) is 13.3. The molecule has 0 saturated heterocycles. The second-order valence-corrected chi connectivity index (χ2v) is 4.58. The number of nitrogens with one attached hydrogen (secondary N) is 1. The van der Waals surface area contributed by atoms with Gasteiger partial charge >= 0.3 is 5.97 Å².